The molecule has 1 aromatic rings. The summed E-state index contributed by atoms with van der Waals surface area (Å²) in [4.78, 5) is 24.3. The molecule has 1 fully saturated rings. The number of likely N-dealkylation sites (tertiary alicyclic amines) is 1. The van der Waals surface area contributed by atoms with Crippen LogP contribution in [0.15, 0.2) is 24.3 Å². The van der Waals surface area contributed by atoms with Crippen LogP contribution in [0, 0.1) is 5.92 Å². The van der Waals surface area contributed by atoms with Gasteiger partial charge < -0.3 is 20.1 Å². The zero-order chi connectivity index (χ0) is 13.8. The molecule has 0 aromatic heterocycles. The first-order chi connectivity index (χ1) is 9.10. The topological polar surface area (TPSA) is 78.9 Å². The molecule has 1 aliphatic heterocycles. The number of amides is 2. The molecule has 0 bridgehead atoms. The molecule has 0 radical (unpaired) electrons. The summed E-state index contributed by atoms with van der Waals surface area (Å²) < 4.78 is 5.03. The van der Waals surface area contributed by atoms with E-state index in [-0.39, 0.29) is 12.6 Å². The predicted octanol–water partition coefficient (Wildman–Crippen LogP) is 1.63. The Labute approximate surface area is 111 Å². The van der Waals surface area contributed by atoms with Gasteiger partial charge in [-0.1, -0.05) is 0 Å². The van der Waals surface area contributed by atoms with E-state index in [4.69, 9.17) is 9.84 Å². The number of aliphatic carboxylic acids is 1. The number of anilines is 1. The normalized spacial score (nSPS) is 18.2. The van der Waals surface area contributed by atoms with E-state index in [0.29, 0.717) is 24.4 Å². The summed E-state index contributed by atoms with van der Waals surface area (Å²) in [6.07, 6.45) is 0.505. The van der Waals surface area contributed by atoms with E-state index in [0.717, 1.165) is 0 Å². The first kappa shape index (κ1) is 13.2. The number of nitrogens with one attached hydrogen (secondary N) is 1. The van der Waals surface area contributed by atoms with E-state index in [9.17, 15) is 9.59 Å². The summed E-state index contributed by atoms with van der Waals surface area (Å²) in [6, 6.07) is 6.70. The molecule has 2 N–H and O–H groups in total. The summed E-state index contributed by atoms with van der Waals surface area (Å²) in [5, 5.41) is 11.6. The van der Waals surface area contributed by atoms with Gasteiger partial charge in [0, 0.05) is 18.8 Å². The van der Waals surface area contributed by atoms with Crippen molar-refractivity contribution in [3.8, 4) is 5.75 Å². The summed E-state index contributed by atoms with van der Waals surface area (Å²) in [5.41, 5.74) is 0.657. The van der Waals surface area contributed by atoms with Gasteiger partial charge in [0.05, 0.1) is 13.0 Å². The number of hydrogen-bond donors (Lipinski definition) is 2. The van der Waals surface area contributed by atoms with Gasteiger partial charge >= 0.3 is 12.0 Å². The predicted molar refractivity (Wildman–Crippen MR) is 69.3 cm³/mol. The van der Waals surface area contributed by atoms with Gasteiger partial charge in [0.1, 0.15) is 5.75 Å². The molecular formula is C13H16N2O4. The third kappa shape index (κ3) is 3.15. The number of benzene rings is 1. The molecule has 19 heavy (non-hydrogen) atoms. The van der Waals surface area contributed by atoms with Crippen LogP contribution in [0.25, 0.3) is 0 Å². The molecule has 1 aromatic carbocycles. The Morgan fingerprint density at radius 1 is 1.37 bits per heavy atom. The number of carbonyl (C=O) groups is 2. The van der Waals surface area contributed by atoms with Gasteiger partial charge in [-0.25, -0.2) is 4.79 Å². The Morgan fingerprint density at radius 2 is 2.05 bits per heavy atom. The zero-order valence-corrected chi connectivity index (χ0v) is 10.6. The van der Waals surface area contributed by atoms with E-state index in [2.05, 4.69) is 5.32 Å². The highest BCUT2D eigenvalue weighted by Gasteiger charge is 2.30. The van der Waals surface area contributed by atoms with Crippen molar-refractivity contribution in [1.29, 1.82) is 0 Å². The molecule has 0 saturated carbocycles. The quantitative estimate of drug-likeness (QED) is 0.869. The molecule has 0 spiro atoms. The van der Waals surface area contributed by atoms with Gasteiger partial charge in [-0.2, -0.15) is 0 Å². The van der Waals surface area contributed by atoms with E-state index in [1.165, 1.54) is 4.90 Å². The highest BCUT2D eigenvalue weighted by Crippen LogP contribution is 2.19. The van der Waals surface area contributed by atoms with Crippen molar-refractivity contribution in [3.05, 3.63) is 24.3 Å². The lowest BCUT2D eigenvalue weighted by atomic mass is 10.1. The second-order valence-corrected chi connectivity index (χ2v) is 4.43. The molecule has 1 atom stereocenters. The van der Waals surface area contributed by atoms with Crippen LogP contribution in [0.4, 0.5) is 10.5 Å². The lowest BCUT2D eigenvalue weighted by Crippen LogP contribution is -2.33. The second-order valence-electron chi connectivity index (χ2n) is 4.43. The van der Waals surface area contributed by atoms with Crippen LogP contribution in [-0.2, 0) is 4.79 Å². The van der Waals surface area contributed by atoms with E-state index >= 15 is 0 Å². The van der Waals surface area contributed by atoms with E-state index in [1.54, 1.807) is 31.4 Å². The lowest BCUT2D eigenvalue weighted by Gasteiger charge is -2.16. The number of carboxylic acids is 1. The smallest absolute Gasteiger partial charge is 0.321 e. The van der Waals surface area contributed by atoms with Crippen LogP contribution >= 0.6 is 0 Å². The van der Waals surface area contributed by atoms with Crippen molar-refractivity contribution in [3.63, 3.8) is 0 Å². The average Bonchev–Trinajstić information content (AvgIpc) is 2.89. The Morgan fingerprint density at radius 3 is 2.58 bits per heavy atom. The Balaban J connectivity index is 1.92. The fraction of sp³-hybridized carbons (Fsp3) is 0.385. The van der Waals surface area contributed by atoms with E-state index in [1.807, 2.05) is 0 Å². The molecule has 102 valence electrons. The summed E-state index contributed by atoms with van der Waals surface area (Å²) in [6.45, 7) is 0.732. The Kier molecular flexibility index (Phi) is 3.89. The standard InChI is InChI=1S/C13H16N2O4/c1-19-11-4-2-10(3-5-11)14-13(18)15-7-6-9(8-15)12(16)17/h2-5,9H,6-8H2,1H3,(H,14,18)(H,16,17). The minimum Gasteiger partial charge on any atom is -0.497 e. The molecular weight excluding hydrogens is 248 g/mol. The maximum atomic E-state index is 11.9. The van der Waals surface area contributed by atoms with Crippen molar-refractivity contribution in [1.82, 2.24) is 4.90 Å². The van der Waals surface area contributed by atoms with Crippen LogP contribution in [0.5, 0.6) is 5.75 Å². The van der Waals surface area contributed by atoms with Gasteiger partial charge in [0.25, 0.3) is 0 Å². The Bertz CT molecular complexity index is 472. The van der Waals surface area contributed by atoms with Gasteiger partial charge in [-0.05, 0) is 30.7 Å². The third-order valence-corrected chi connectivity index (χ3v) is 3.17. The van der Waals surface area contributed by atoms with Crippen molar-refractivity contribution in [2.75, 3.05) is 25.5 Å². The fourth-order valence-corrected chi connectivity index (χ4v) is 2.02. The maximum absolute atomic E-state index is 11.9. The first-order valence-corrected chi connectivity index (χ1v) is 6.03. The lowest BCUT2D eigenvalue weighted by molar-refractivity contribution is -0.141. The molecule has 2 rings (SSSR count). The van der Waals surface area contributed by atoms with Crippen molar-refractivity contribution in [2.24, 2.45) is 5.92 Å². The highest BCUT2D eigenvalue weighted by molar-refractivity contribution is 5.90. The molecule has 0 aliphatic carbocycles. The minimum atomic E-state index is -0.847. The number of carboxylic acid groups (broad SMARTS) is 1. The van der Waals surface area contributed by atoms with Crippen LogP contribution in [0.2, 0.25) is 0 Å². The van der Waals surface area contributed by atoms with Crippen molar-refractivity contribution in [2.45, 2.75) is 6.42 Å². The fourth-order valence-electron chi connectivity index (χ4n) is 2.02. The van der Waals surface area contributed by atoms with Gasteiger partial charge in [-0.3, -0.25) is 4.79 Å². The van der Waals surface area contributed by atoms with Crippen LogP contribution in [0.1, 0.15) is 6.42 Å². The van der Waals surface area contributed by atoms with Gasteiger partial charge in [0.15, 0.2) is 0 Å². The number of ether oxygens (including phenoxy) is 1. The molecule has 1 unspecified atom stereocenters. The number of rotatable bonds is 3. The Hall–Kier alpha value is -2.24. The summed E-state index contributed by atoms with van der Waals surface area (Å²) in [7, 11) is 1.57. The largest absolute Gasteiger partial charge is 0.497 e. The highest BCUT2D eigenvalue weighted by atomic mass is 16.5. The summed E-state index contributed by atoms with van der Waals surface area (Å²) in [5.74, 6) is -0.591. The number of nitrogens with zero attached hydrogens (tertiary/aromatic N) is 1. The number of carbonyl (C=O) groups excluding carboxylic acids is 1. The molecule has 2 amide bonds. The van der Waals surface area contributed by atoms with Gasteiger partial charge in [-0.15, -0.1) is 0 Å². The van der Waals surface area contributed by atoms with Crippen molar-refractivity contribution < 1.29 is 19.4 Å². The summed E-state index contributed by atoms with van der Waals surface area (Å²) >= 11 is 0. The average molecular weight is 264 g/mol. The number of urea groups is 1. The third-order valence-electron chi connectivity index (χ3n) is 3.17. The minimum absolute atomic E-state index is 0.261. The monoisotopic (exact) mass is 264 g/mol. The molecule has 6 heteroatoms. The van der Waals surface area contributed by atoms with E-state index < -0.39 is 11.9 Å². The number of methoxy groups -OCH3 is 1. The number of hydrogen-bond acceptors (Lipinski definition) is 3. The molecule has 1 aliphatic rings. The molecule has 1 saturated heterocycles. The molecule has 6 nitrogen and oxygen atoms in total. The van der Waals surface area contributed by atoms with Crippen LogP contribution < -0.4 is 10.1 Å². The second kappa shape index (κ2) is 5.60. The van der Waals surface area contributed by atoms with Gasteiger partial charge in [0.2, 0.25) is 0 Å². The first-order valence-electron chi connectivity index (χ1n) is 6.03. The zero-order valence-electron chi connectivity index (χ0n) is 10.6. The van der Waals surface area contributed by atoms with Crippen LogP contribution in [-0.4, -0.2) is 42.2 Å². The SMILES string of the molecule is COc1ccc(NC(=O)N2CCC(C(=O)O)C2)cc1. The maximum Gasteiger partial charge on any atom is 0.321 e. The van der Waals surface area contributed by atoms with Crippen LogP contribution in [0.3, 0.4) is 0 Å². The molecule has 1 heterocycles. The van der Waals surface area contributed by atoms with Crippen molar-refractivity contribution >= 4 is 17.7 Å².